The number of hydrogen-bond acceptors (Lipinski definition) is 2. The van der Waals surface area contributed by atoms with Crippen LogP contribution in [-0.4, -0.2) is 14.8 Å². The minimum atomic E-state index is 0.0864. The summed E-state index contributed by atoms with van der Waals surface area (Å²) in [5.74, 6) is 0.693. The average molecular weight is 265 g/mol. The van der Waals surface area contributed by atoms with Gasteiger partial charge >= 0.3 is 0 Å². The fourth-order valence-corrected chi connectivity index (χ4v) is 2.54. The van der Waals surface area contributed by atoms with Crippen molar-refractivity contribution in [2.75, 3.05) is 0 Å². The van der Waals surface area contributed by atoms with Gasteiger partial charge in [0.05, 0.1) is 11.7 Å². The maximum Gasteiger partial charge on any atom is 0.250 e. The first-order valence-corrected chi connectivity index (χ1v) is 6.93. The summed E-state index contributed by atoms with van der Waals surface area (Å²) in [5, 5.41) is 8.11. The number of hydrogen-bond donors (Lipinski definition) is 1. The topological polar surface area (TPSA) is 50.7 Å². The second-order valence-corrected chi connectivity index (χ2v) is 5.52. The smallest absolute Gasteiger partial charge is 0.250 e. The molecule has 1 fully saturated rings. The van der Waals surface area contributed by atoms with Crippen molar-refractivity contribution in [3.63, 3.8) is 0 Å². The van der Waals surface area contributed by atoms with E-state index in [-0.39, 0.29) is 5.56 Å². The Hall–Kier alpha value is -2.36. The standard InChI is InChI=1S/C16H15N3O/c20-16-6-5-14(10-19(16)9-11-1-2-11)12-3-4-13-8-17-18-15(13)7-12/h3-8,10-11H,1-2,9H2,(H,17,18). The van der Waals surface area contributed by atoms with E-state index in [2.05, 4.69) is 22.3 Å². The van der Waals surface area contributed by atoms with Gasteiger partial charge in [0.15, 0.2) is 0 Å². The van der Waals surface area contributed by atoms with Crippen LogP contribution in [0.1, 0.15) is 12.8 Å². The van der Waals surface area contributed by atoms with E-state index < -0.39 is 0 Å². The Bertz CT molecular complexity index is 827. The zero-order valence-corrected chi connectivity index (χ0v) is 11.0. The molecule has 1 aliphatic carbocycles. The van der Waals surface area contributed by atoms with Gasteiger partial charge in [0.25, 0.3) is 5.56 Å². The van der Waals surface area contributed by atoms with Crippen LogP contribution in [0.4, 0.5) is 0 Å². The van der Waals surface area contributed by atoms with Crippen LogP contribution in [0.25, 0.3) is 22.0 Å². The molecule has 0 saturated heterocycles. The van der Waals surface area contributed by atoms with Gasteiger partial charge in [-0.2, -0.15) is 5.10 Å². The van der Waals surface area contributed by atoms with E-state index in [1.807, 2.05) is 29.1 Å². The number of aromatic amines is 1. The zero-order chi connectivity index (χ0) is 13.5. The Morgan fingerprint density at radius 2 is 2.05 bits per heavy atom. The van der Waals surface area contributed by atoms with Crippen LogP contribution >= 0.6 is 0 Å². The van der Waals surface area contributed by atoms with Crippen LogP contribution in [0.5, 0.6) is 0 Å². The van der Waals surface area contributed by atoms with Crippen molar-refractivity contribution in [3.8, 4) is 11.1 Å². The Morgan fingerprint density at radius 3 is 2.90 bits per heavy atom. The van der Waals surface area contributed by atoms with E-state index in [4.69, 9.17) is 0 Å². The van der Waals surface area contributed by atoms with Gasteiger partial charge in [0.1, 0.15) is 0 Å². The predicted molar refractivity (Wildman–Crippen MR) is 78.5 cm³/mol. The molecule has 1 aliphatic rings. The first-order chi connectivity index (χ1) is 9.79. The summed E-state index contributed by atoms with van der Waals surface area (Å²) in [4.78, 5) is 11.9. The molecule has 2 aromatic heterocycles. The first-order valence-electron chi connectivity index (χ1n) is 6.93. The number of H-pyrrole nitrogens is 1. The monoisotopic (exact) mass is 265 g/mol. The number of nitrogens with one attached hydrogen (secondary N) is 1. The molecule has 0 atom stereocenters. The van der Waals surface area contributed by atoms with E-state index in [1.54, 1.807) is 6.07 Å². The molecule has 0 unspecified atom stereocenters. The second-order valence-electron chi connectivity index (χ2n) is 5.52. The van der Waals surface area contributed by atoms with E-state index in [9.17, 15) is 4.79 Å². The molecular weight excluding hydrogens is 250 g/mol. The quantitative estimate of drug-likeness (QED) is 0.791. The van der Waals surface area contributed by atoms with Crippen molar-refractivity contribution in [1.82, 2.24) is 14.8 Å². The van der Waals surface area contributed by atoms with Crippen molar-refractivity contribution in [2.24, 2.45) is 5.92 Å². The fourth-order valence-electron chi connectivity index (χ4n) is 2.54. The SMILES string of the molecule is O=c1ccc(-c2ccc3cn[nH]c3c2)cn1CC1CC1. The third kappa shape index (κ3) is 2.03. The molecule has 3 aromatic rings. The molecule has 0 amide bonds. The highest BCUT2D eigenvalue weighted by molar-refractivity contribution is 5.83. The minimum Gasteiger partial charge on any atom is -0.315 e. The Balaban J connectivity index is 1.77. The molecular formula is C16H15N3O. The highest BCUT2D eigenvalue weighted by Crippen LogP contribution is 2.30. The Kier molecular flexibility index (Phi) is 2.49. The lowest BCUT2D eigenvalue weighted by atomic mass is 10.1. The van der Waals surface area contributed by atoms with E-state index >= 15 is 0 Å². The Labute approximate surface area is 116 Å². The minimum absolute atomic E-state index is 0.0864. The summed E-state index contributed by atoms with van der Waals surface area (Å²) in [7, 11) is 0. The maximum atomic E-state index is 11.9. The normalized spacial score (nSPS) is 14.8. The number of fused-ring (bicyclic) bond motifs is 1. The molecule has 20 heavy (non-hydrogen) atoms. The van der Waals surface area contributed by atoms with Crippen molar-refractivity contribution >= 4 is 10.9 Å². The van der Waals surface area contributed by atoms with Crippen LogP contribution in [-0.2, 0) is 6.54 Å². The highest BCUT2D eigenvalue weighted by atomic mass is 16.1. The lowest BCUT2D eigenvalue weighted by molar-refractivity contribution is 0.607. The van der Waals surface area contributed by atoms with E-state index in [0.29, 0.717) is 5.92 Å². The number of benzene rings is 1. The number of nitrogens with zero attached hydrogens (tertiary/aromatic N) is 2. The molecule has 2 heterocycles. The highest BCUT2D eigenvalue weighted by Gasteiger charge is 2.22. The van der Waals surface area contributed by atoms with E-state index in [1.165, 1.54) is 12.8 Å². The van der Waals surface area contributed by atoms with Gasteiger partial charge in [0.2, 0.25) is 0 Å². The Morgan fingerprint density at radius 1 is 1.20 bits per heavy atom. The predicted octanol–water partition coefficient (Wildman–Crippen LogP) is 2.80. The summed E-state index contributed by atoms with van der Waals surface area (Å²) < 4.78 is 1.84. The number of aromatic nitrogens is 3. The van der Waals surface area contributed by atoms with Crippen LogP contribution < -0.4 is 5.56 Å². The molecule has 4 nitrogen and oxygen atoms in total. The number of pyridine rings is 1. The van der Waals surface area contributed by atoms with Crippen LogP contribution in [0.3, 0.4) is 0 Å². The summed E-state index contributed by atoms with van der Waals surface area (Å²) in [5.41, 5.74) is 3.28. The van der Waals surface area contributed by atoms with Gasteiger partial charge in [-0.3, -0.25) is 9.89 Å². The summed E-state index contributed by atoms with van der Waals surface area (Å²) >= 11 is 0. The van der Waals surface area contributed by atoms with Crippen LogP contribution in [0.15, 0.2) is 47.5 Å². The molecule has 4 rings (SSSR count). The molecule has 1 aromatic carbocycles. The van der Waals surface area contributed by atoms with Gasteiger partial charge in [-0.25, -0.2) is 0 Å². The molecule has 0 aliphatic heterocycles. The lowest BCUT2D eigenvalue weighted by Gasteiger charge is -2.08. The van der Waals surface area contributed by atoms with Gasteiger partial charge < -0.3 is 4.57 Å². The lowest BCUT2D eigenvalue weighted by Crippen LogP contribution is -2.19. The van der Waals surface area contributed by atoms with Gasteiger partial charge in [0, 0.05) is 24.2 Å². The van der Waals surface area contributed by atoms with Crippen molar-refractivity contribution in [1.29, 1.82) is 0 Å². The first kappa shape index (κ1) is 11.5. The fraction of sp³-hybridized carbons (Fsp3) is 0.250. The van der Waals surface area contributed by atoms with Gasteiger partial charge in [-0.15, -0.1) is 0 Å². The summed E-state index contributed by atoms with van der Waals surface area (Å²) in [6.07, 6.45) is 6.28. The maximum absolute atomic E-state index is 11.9. The third-order valence-corrected chi connectivity index (χ3v) is 3.91. The molecule has 100 valence electrons. The van der Waals surface area contributed by atoms with Crippen LogP contribution in [0, 0.1) is 5.92 Å². The number of rotatable bonds is 3. The zero-order valence-electron chi connectivity index (χ0n) is 11.0. The second kappa shape index (κ2) is 4.34. The van der Waals surface area contributed by atoms with Crippen molar-refractivity contribution < 1.29 is 0 Å². The van der Waals surface area contributed by atoms with Gasteiger partial charge in [-0.1, -0.05) is 12.1 Å². The van der Waals surface area contributed by atoms with E-state index in [0.717, 1.165) is 28.6 Å². The summed E-state index contributed by atoms with van der Waals surface area (Å²) in [6, 6.07) is 9.74. The molecule has 1 saturated carbocycles. The molecule has 1 N–H and O–H groups in total. The van der Waals surface area contributed by atoms with Crippen molar-refractivity contribution in [3.05, 3.63) is 53.1 Å². The average Bonchev–Trinajstić information content (AvgIpc) is 3.15. The van der Waals surface area contributed by atoms with Gasteiger partial charge in [-0.05, 0) is 42.0 Å². The van der Waals surface area contributed by atoms with Crippen LogP contribution in [0.2, 0.25) is 0 Å². The third-order valence-electron chi connectivity index (χ3n) is 3.91. The molecule has 0 radical (unpaired) electrons. The van der Waals surface area contributed by atoms with Crippen molar-refractivity contribution in [2.45, 2.75) is 19.4 Å². The largest absolute Gasteiger partial charge is 0.315 e. The molecule has 0 spiro atoms. The summed E-state index contributed by atoms with van der Waals surface area (Å²) in [6.45, 7) is 0.846. The molecule has 0 bridgehead atoms. The molecule has 4 heteroatoms.